The number of amides is 5. The summed E-state index contributed by atoms with van der Waals surface area (Å²) in [7, 11) is 1.63. The molecular formula is C31H46N8O6. The summed E-state index contributed by atoms with van der Waals surface area (Å²) in [4.78, 5) is 62.7. The summed E-state index contributed by atoms with van der Waals surface area (Å²) in [5.41, 5.74) is 18.9. The van der Waals surface area contributed by atoms with Gasteiger partial charge in [0.25, 0.3) is 0 Å². The summed E-state index contributed by atoms with van der Waals surface area (Å²) in [6.07, 6.45) is 0.803. The van der Waals surface area contributed by atoms with Crippen molar-refractivity contribution in [2.24, 2.45) is 17.2 Å². The van der Waals surface area contributed by atoms with E-state index in [2.05, 4.69) is 26.6 Å². The molecule has 0 saturated carbocycles. The Labute approximate surface area is 263 Å². The normalized spacial score (nSPS) is 13.5. The quantitative estimate of drug-likeness (QED) is 0.0905. The fourth-order valence-corrected chi connectivity index (χ4v) is 4.36. The molecule has 0 aliphatic rings. The van der Waals surface area contributed by atoms with Gasteiger partial charge in [0.15, 0.2) is 0 Å². The second kappa shape index (κ2) is 19.0. The lowest BCUT2D eigenvalue weighted by atomic mass is 10.0. The Morgan fingerprint density at radius 2 is 1.24 bits per heavy atom. The van der Waals surface area contributed by atoms with Crippen molar-refractivity contribution in [2.45, 2.75) is 76.3 Å². The standard InChI is InChI=1S/C31H46N8O6/c1-3-24(38-31(45)26(35-2)16-19-8-10-22(40)11-9-19)30(44)39-25(12-13-27(34)41)29(43)37-18-21-6-4-20(5-7-21)17-36-28(42)23(33)14-15-32/h4-11,23-26,35,40H,3,12-18,32-33H2,1-2H3,(H2,34,41)(H,36,42)(H,37,43)(H,38,45)(H,39,44)/t23-,24-,25-,26-/m0/s1. The Morgan fingerprint density at radius 1 is 0.733 bits per heavy atom. The first-order valence-corrected chi connectivity index (χ1v) is 14.9. The van der Waals surface area contributed by atoms with Gasteiger partial charge in [-0.25, -0.2) is 0 Å². The van der Waals surface area contributed by atoms with Crippen LogP contribution in [0.2, 0.25) is 0 Å². The number of hydrogen-bond donors (Lipinski definition) is 9. The first kappa shape index (κ1) is 36.7. The molecule has 246 valence electrons. The van der Waals surface area contributed by atoms with Crippen LogP contribution in [-0.2, 0) is 43.5 Å². The van der Waals surface area contributed by atoms with Crippen LogP contribution in [0.15, 0.2) is 48.5 Å². The van der Waals surface area contributed by atoms with Crippen LogP contribution in [0.4, 0.5) is 0 Å². The molecule has 0 aliphatic carbocycles. The number of nitrogens with two attached hydrogens (primary N) is 3. The van der Waals surface area contributed by atoms with Crippen molar-refractivity contribution in [3.8, 4) is 5.75 Å². The number of rotatable bonds is 19. The van der Waals surface area contributed by atoms with Crippen LogP contribution >= 0.6 is 0 Å². The second-order valence-electron chi connectivity index (χ2n) is 10.7. The molecule has 0 unspecified atom stereocenters. The minimum absolute atomic E-state index is 0.0256. The highest BCUT2D eigenvalue weighted by molar-refractivity contribution is 5.93. The molecule has 0 aliphatic heterocycles. The summed E-state index contributed by atoms with van der Waals surface area (Å²) in [5.74, 6) is -2.31. The maximum Gasteiger partial charge on any atom is 0.243 e. The maximum absolute atomic E-state index is 13.2. The molecule has 2 aromatic carbocycles. The van der Waals surface area contributed by atoms with Gasteiger partial charge in [-0.1, -0.05) is 43.3 Å². The molecule has 14 nitrogen and oxygen atoms in total. The lowest BCUT2D eigenvalue weighted by Crippen LogP contribution is -2.56. The molecule has 0 aromatic heterocycles. The molecule has 2 rings (SSSR count). The van der Waals surface area contributed by atoms with Gasteiger partial charge in [0.05, 0.1) is 12.1 Å². The maximum atomic E-state index is 13.2. The van der Waals surface area contributed by atoms with E-state index in [1.807, 2.05) is 0 Å². The molecule has 5 amide bonds. The lowest BCUT2D eigenvalue weighted by Gasteiger charge is -2.24. The SMILES string of the molecule is CC[C@H](NC(=O)[C@H](Cc1ccc(O)cc1)NC)C(=O)N[C@@H](CCC(N)=O)C(=O)NCc1ccc(CNC(=O)[C@@H](N)CCN)cc1. The Bertz CT molecular complexity index is 1270. The van der Waals surface area contributed by atoms with Gasteiger partial charge in [0.2, 0.25) is 29.5 Å². The van der Waals surface area contributed by atoms with E-state index < -0.39 is 47.8 Å². The smallest absolute Gasteiger partial charge is 0.243 e. The van der Waals surface area contributed by atoms with E-state index in [0.29, 0.717) is 19.4 Å². The molecule has 0 radical (unpaired) electrons. The molecular weight excluding hydrogens is 580 g/mol. The van der Waals surface area contributed by atoms with E-state index in [1.165, 1.54) is 12.1 Å². The first-order chi connectivity index (χ1) is 21.5. The van der Waals surface area contributed by atoms with Gasteiger partial charge in [-0.2, -0.15) is 0 Å². The topological polar surface area (TPSA) is 244 Å². The fourth-order valence-electron chi connectivity index (χ4n) is 4.36. The van der Waals surface area contributed by atoms with Gasteiger partial charge in [0, 0.05) is 19.5 Å². The summed E-state index contributed by atoms with van der Waals surface area (Å²) < 4.78 is 0. The van der Waals surface area contributed by atoms with E-state index in [-0.39, 0.29) is 44.0 Å². The van der Waals surface area contributed by atoms with Gasteiger partial charge in [-0.15, -0.1) is 0 Å². The minimum atomic E-state index is -1.07. The van der Waals surface area contributed by atoms with E-state index in [1.54, 1.807) is 50.4 Å². The van der Waals surface area contributed by atoms with Crippen molar-refractivity contribution in [1.29, 1.82) is 0 Å². The monoisotopic (exact) mass is 626 g/mol. The predicted octanol–water partition coefficient (Wildman–Crippen LogP) is -1.22. The van der Waals surface area contributed by atoms with Crippen LogP contribution in [-0.4, -0.2) is 72.4 Å². The number of benzene rings is 2. The van der Waals surface area contributed by atoms with Crippen molar-refractivity contribution >= 4 is 29.5 Å². The molecule has 14 heteroatoms. The fraction of sp³-hybridized carbons (Fsp3) is 0.452. The van der Waals surface area contributed by atoms with Gasteiger partial charge >= 0.3 is 0 Å². The average molecular weight is 627 g/mol. The number of phenolic OH excluding ortho intramolecular Hbond substituents is 1. The van der Waals surface area contributed by atoms with Crippen LogP contribution in [0, 0.1) is 0 Å². The van der Waals surface area contributed by atoms with E-state index in [0.717, 1.165) is 16.7 Å². The third kappa shape index (κ3) is 12.9. The molecule has 4 atom stereocenters. The van der Waals surface area contributed by atoms with Crippen molar-refractivity contribution in [1.82, 2.24) is 26.6 Å². The largest absolute Gasteiger partial charge is 0.508 e. The van der Waals surface area contributed by atoms with E-state index in [4.69, 9.17) is 17.2 Å². The van der Waals surface area contributed by atoms with Crippen molar-refractivity contribution in [2.75, 3.05) is 13.6 Å². The summed E-state index contributed by atoms with van der Waals surface area (Å²) in [5, 5.41) is 23.3. The highest BCUT2D eigenvalue weighted by Crippen LogP contribution is 2.12. The number of primary amides is 1. The number of hydrogen-bond acceptors (Lipinski definition) is 9. The zero-order chi connectivity index (χ0) is 33.4. The van der Waals surface area contributed by atoms with E-state index >= 15 is 0 Å². The van der Waals surface area contributed by atoms with Crippen LogP contribution in [0.1, 0.15) is 49.3 Å². The first-order valence-electron chi connectivity index (χ1n) is 14.9. The van der Waals surface area contributed by atoms with Crippen LogP contribution in [0.3, 0.4) is 0 Å². The Balaban J connectivity index is 1.97. The van der Waals surface area contributed by atoms with Crippen molar-refractivity contribution in [3.63, 3.8) is 0 Å². The number of phenols is 1. The Kier molecular flexibility index (Phi) is 15.5. The molecule has 0 bridgehead atoms. The predicted molar refractivity (Wildman–Crippen MR) is 169 cm³/mol. The van der Waals surface area contributed by atoms with Crippen LogP contribution in [0.25, 0.3) is 0 Å². The molecule has 12 N–H and O–H groups in total. The molecule has 0 fully saturated rings. The zero-order valence-corrected chi connectivity index (χ0v) is 25.8. The Hall–Kier alpha value is -4.53. The molecule has 0 saturated heterocycles. The molecule has 0 heterocycles. The lowest BCUT2D eigenvalue weighted by molar-refractivity contribution is -0.133. The minimum Gasteiger partial charge on any atom is -0.508 e. The zero-order valence-electron chi connectivity index (χ0n) is 25.8. The number of nitrogens with one attached hydrogen (secondary N) is 5. The molecule has 0 spiro atoms. The van der Waals surface area contributed by atoms with Crippen molar-refractivity contribution in [3.05, 3.63) is 65.2 Å². The van der Waals surface area contributed by atoms with Crippen LogP contribution < -0.4 is 43.8 Å². The second-order valence-corrected chi connectivity index (χ2v) is 10.7. The van der Waals surface area contributed by atoms with Gasteiger partial charge in [0.1, 0.15) is 17.8 Å². The van der Waals surface area contributed by atoms with Gasteiger partial charge < -0.3 is 48.9 Å². The summed E-state index contributed by atoms with van der Waals surface area (Å²) >= 11 is 0. The van der Waals surface area contributed by atoms with Gasteiger partial charge in [-0.3, -0.25) is 24.0 Å². The third-order valence-corrected chi connectivity index (χ3v) is 7.17. The van der Waals surface area contributed by atoms with Crippen molar-refractivity contribution < 1.29 is 29.1 Å². The molecule has 2 aromatic rings. The van der Waals surface area contributed by atoms with E-state index in [9.17, 15) is 29.1 Å². The number of likely N-dealkylation sites (N-methyl/N-ethyl adjacent to an activating group) is 1. The van der Waals surface area contributed by atoms with Gasteiger partial charge in [-0.05, 0) is 68.1 Å². The highest BCUT2D eigenvalue weighted by atomic mass is 16.3. The molecule has 45 heavy (non-hydrogen) atoms. The van der Waals surface area contributed by atoms with Crippen LogP contribution in [0.5, 0.6) is 5.75 Å². The Morgan fingerprint density at radius 3 is 1.76 bits per heavy atom. The summed E-state index contributed by atoms with van der Waals surface area (Å²) in [6.45, 7) is 2.47. The number of carbonyl (C=O) groups excluding carboxylic acids is 5. The number of carbonyl (C=O) groups is 5. The third-order valence-electron chi connectivity index (χ3n) is 7.17. The highest BCUT2D eigenvalue weighted by Gasteiger charge is 2.28. The number of aromatic hydroxyl groups is 1. The average Bonchev–Trinajstić information content (AvgIpc) is 3.03. The summed E-state index contributed by atoms with van der Waals surface area (Å²) in [6, 6.07) is 10.3.